The first kappa shape index (κ1) is 22.0. The Hall–Kier alpha value is -3.25. The van der Waals surface area contributed by atoms with Gasteiger partial charge in [0.25, 0.3) is 5.91 Å². The second kappa shape index (κ2) is 9.92. The summed E-state index contributed by atoms with van der Waals surface area (Å²) in [6.07, 6.45) is 4.62. The van der Waals surface area contributed by atoms with E-state index < -0.39 is 0 Å². The van der Waals surface area contributed by atoms with Crippen molar-refractivity contribution in [3.8, 4) is 17.0 Å². The molecule has 0 spiro atoms. The van der Waals surface area contributed by atoms with Crippen LogP contribution in [0.1, 0.15) is 46.6 Å². The number of hydrogen-bond donors (Lipinski definition) is 1. The Morgan fingerprint density at radius 2 is 2.03 bits per heavy atom. The van der Waals surface area contributed by atoms with Gasteiger partial charge in [0.1, 0.15) is 5.75 Å². The molecule has 1 aliphatic rings. The summed E-state index contributed by atoms with van der Waals surface area (Å²) in [7, 11) is 0. The number of rotatable bonds is 7. The predicted molar refractivity (Wildman–Crippen MR) is 124 cm³/mol. The van der Waals surface area contributed by atoms with Crippen molar-refractivity contribution in [2.75, 3.05) is 19.8 Å². The van der Waals surface area contributed by atoms with E-state index in [0.29, 0.717) is 30.4 Å². The van der Waals surface area contributed by atoms with Crippen molar-refractivity contribution in [1.29, 1.82) is 0 Å². The van der Waals surface area contributed by atoms with Crippen LogP contribution in [0.25, 0.3) is 11.3 Å². The number of benzene rings is 1. The molecule has 4 rings (SSSR count). The zero-order valence-corrected chi connectivity index (χ0v) is 18.8. The van der Waals surface area contributed by atoms with E-state index in [4.69, 9.17) is 9.47 Å². The second-order valence-corrected chi connectivity index (χ2v) is 8.44. The van der Waals surface area contributed by atoms with Crippen molar-refractivity contribution in [2.24, 2.45) is 5.92 Å². The summed E-state index contributed by atoms with van der Waals surface area (Å²) in [6, 6.07) is 13.3. The molecule has 1 unspecified atom stereocenters. The fourth-order valence-electron chi connectivity index (χ4n) is 3.63. The van der Waals surface area contributed by atoms with E-state index in [1.807, 2.05) is 63.4 Å². The number of hydrogen-bond acceptors (Lipinski definition) is 5. The zero-order chi connectivity index (χ0) is 22.5. The van der Waals surface area contributed by atoms with Crippen molar-refractivity contribution < 1.29 is 14.3 Å². The minimum absolute atomic E-state index is 0.166. The molecule has 32 heavy (non-hydrogen) atoms. The van der Waals surface area contributed by atoms with Gasteiger partial charge in [-0.05, 0) is 68.7 Å². The molecule has 0 saturated carbocycles. The van der Waals surface area contributed by atoms with Crippen LogP contribution in [0.5, 0.6) is 5.75 Å². The van der Waals surface area contributed by atoms with Crippen LogP contribution < -0.4 is 10.1 Å². The highest BCUT2D eigenvalue weighted by Gasteiger charge is 2.18. The van der Waals surface area contributed by atoms with Crippen molar-refractivity contribution >= 4 is 5.91 Å². The molecular weight excluding hydrogens is 402 g/mol. The maximum absolute atomic E-state index is 13.1. The molecule has 1 amide bonds. The highest BCUT2D eigenvalue weighted by molar-refractivity contribution is 5.96. The fraction of sp³-hybridized carbons (Fsp3) is 0.346. The number of nitrogens with zero attached hydrogens (tertiary/aromatic N) is 2. The average molecular weight is 432 g/mol. The highest BCUT2D eigenvalue weighted by Crippen LogP contribution is 2.27. The number of aryl methyl sites for hydroxylation is 2. The van der Waals surface area contributed by atoms with Crippen LogP contribution in [0.3, 0.4) is 0 Å². The molecule has 0 aliphatic carbocycles. The molecule has 1 aliphatic heterocycles. The van der Waals surface area contributed by atoms with Crippen LogP contribution in [0.15, 0.2) is 54.9 Å². The van der Waals surface area contributed by atoms with Gasteiger partial charge in [0, 0.05) is 41.7 Å². The normalized spacial score (nSPS) is 16.5. The molecule has 0 radical (unpaired) electrons. The van der Waals surface area contributed by atoms with Gasteiger partial charge in [-0.15, -0.1) is 0 Å². The smallest absolute Gasteiger partial charge is 0.251 e. The molecule has 1 N–H and O–H groups in total. The third-order valence-corrected chi connectivity index (χ3v) is 5.67. The molecule has 0 bridgehead atoms. The molecule has 6 nitrogen and oxygen atoms in total. The van der Waals surface area contributed by atoms with Crippen LogP contribution in [-0.4, -0.2) is 35.7 Å². The Morgan fingerprint density at radius 1 is 1.16 bits per heavy atom. The molecule has 166 valence electrons. The van der Waals surface area contributed by atoms with Gasteiger partial charge in [0.05, 0.1) is 24.9 Å². The molecule has 3 aromatic rings. The maximum atomic E-state index is 13.1. The fourth-order valence-corrected chi connectivity index (χ4v) is 3.63. The Morgan fingerprint density at radius 3 is 2.72 bits per heavy atom. The average Bonchev–Trinajstić information content (AvgIpc) is 3.32. The number of aromatic nitrogens is 2. The second-order valence-electron chi connectivity index (χ2n) is 8.44. The molecule has 1 saturated heterocycles. The summed E-state index contributed by atoms with van der Waals surface area (Å²) in [5.41, 5.74) is 5.17. The Labute approximate surface area is 189 Å². The van der Waals surface area contributed by atoms with E-state index in [0.717, 1.165) is 41.1 Å². The third-order valence-electron chi connectivity index (χ3n) is 5.67. The number of amides is 1. The van der Waals surface area contributed by atoms with Crippen LogP contribution in [0.2, 0.25) is 0 Å². The van der Waals surface area contributed by atoms with Gasteiger partial charge in [-0.2, -0.15) is 0 Å². The largest absolute Gasteiger partial charge is 0.493 e. The van der Waals surface area contributed by atoms with E-state index in [1.54, 1.807) is 12.3 Å². The zero-order valence-electron chi connectivity index (χ0n) is 18.8. The number of pyridine rings is 2. The maximum Gasteiger partial charge on any atom is 0.251 e. The first-order valence-electron chi connectivity index (χ1n) is 11.0. The first-order chi connectivity index (χ1) is 15.5. The lowest BCUT2D eigenvalue weighted by Crippen LogP contribution is -2.26. The lowest BCUT2D eigenvalue weighted by Gasteiger charge is -2.16. The number of carbonyl (C=O) groups excluding carboxylic acids is 1. The van der Waals surface area contributed by atoms with E-state index in [1.165, 1.54) is 0 Å². The minimum Gasteiger partial charge on any atom is -0.493 e. The number of nitrogens with one attached hydrogen (secondary N) is 1. The minimum atomic E-state index is -0.170. The van der Waals surface area contributed by atoms with Crippen molar-refractivity contribution in [2.45, 2.75) is 33.2 Å². The van der Waals surface area contributed by atoms with Crippen LogP contribution >= 0.6 is 0 Å². The van der Waals surface area contributed by atoms with E-state index in [-0.39, 0.29) is 11.9 Å². The van der Waals surface area contributed by atoms with Crippen LogP contribution in [0, 0.1) is 19.8 Å². The van der Waals surface area contributed by atoms with Crippen LogP contribution in [0.4, 0.5) is 0 Å². The van der Waals surface area contributed by atoms with Crippen molar-refractivity contribution in [1.82, 2.24) is 15.3 Å². The molecule has 3 heterocycles. The number of carbonyl (C=O) groups is 1. The van der Waals surface area contributed by atoms with Gasteiger partial charge in [-0.1, -0.05) is 12.1 Å². The van der Waals surface area contributed by atoms with Crippen LogP contribution in [-0.2, 0) is 4.74 Å². The predicted octanol–water partition coefficient (Wildman–Crippen LogP) is 4.67. The highest BCUT2D eigenvalue weighted by atomic mass is 16.5. The van der Waals surface area contributed by atoms with Gasteiger partial charge >= 0.3 is 0 Å². The molecule has 1 aromatic carbocycles. The third kappa shape index (κ3) is 5.51. The molecule has 6 heteroatoms. The topological polar surface area (TPSA) is 73.3 Å². The summed E-state index contributed by atoms with van der Waals surface area (Å²) in [5.74, 6) is 0.871. The summed E-state index contributed by atoms with van der Waals surface area (Å²) in [4.78, 5) is 22.0. The van der Waals surface area contributed by atoms with Gasteiger partial charge in [0.15, 0.2) is 0 Å². The standard InChI is InChI=1S/C26H29N3O3/c1-17-4-7-25(28-13-17)22-10-23(12-24(11-22)32-16-20-8-9-31-15-20)26(30)29-19(3)21-6-5-18(2)27-14-21/h4-7,10-14,19-20H,8-9,15-16H2,1-3H3,(H,29,30)/t19-,20?/m1/s1. The Kier molecular flexibility index (Phi) is 6.81. The van der Waals surface area contributed by atoms with Gasteiger partial charge in [0.2, 0.25) is 0 Å². The van der Waals surface area contributed by atoms with Crippen molar-refractivity contribution in [3.05, 3.63) is 77.2 Å². The van der Waals surface area contributed by atoms with E-state index in [9.17, 15) is 4.79 Å². The summed E-state index contributed by atoms with van der Waals surface area (Å²) < 4.78 is 11.5. The Balaban J connectivity index is 1.57. The van der Waals surface area contributed by atoms with Gasteiger partial charge < -0.3 is 14.8 Å². The van der Waals surface area contributed by atoms with E-state index in [2.05, 4.69) is 15.3 Å². The van der Waals surface area contributed by atoms with Crippen molar-refractivity contribution in [3.63, 3.8) is 0 Å². The molecule has 1 fully saturated rings. The lowest BCUT2D eigenvalue weighted by molar-refractivity contribution is 0.0939. The molecule has 2 aromatic heterocycles. The molecular formula is C26H29N3O3. The van der Waals surface area contributed by atoms with Gasteiger partial charge in [-0.3, -0.25) is 14.8 Å². The summed E-state index contributed by atoms with van der Waals surface area (Å²) >= 11 is 0. The summed E-state index contributed by atoms with van der Waals surface area (Å²) in [5, 5.41) is 3.07. The lowest BCUT2D eigenvalue weighted by atomic mass is 10.0. The first-order valence-corrected chi connectivity index (χ1v) is 11.0. The number of ether oxygens (including phenoxy) is 2. The SMILES string of the molecule is Cc1ccc(-c2cc(OCC3CCOC3)cc(C(=O)N[C@H](C)c3ccc(C)nc3)c2)nc1. The quantitative estimate of drug-likeness (QED) is 0.589. The monoisotopic (exact) mass is 431 g/mol. The van der Waals surface area contributed by atoms with Gasteiger partial charge in [-0.25, -0.2) is 0 Å². The Bertz CT molecular complexity index is 1060. The summed E-state index contributed by atoms with van der Waals surface area (Å²) in [6.45, 7) is 7.96. The molecule has 2 atom stereocenters. The van der Waals surface area contributed by atoms with E-state index >= 15 is 0 Å².